The Labute approximate surface area is 116 Å². The summed E-state index contributed by atoms with van der Waals surface area (Å²) in [5.41, 5.74) is 2.94. The molecule has 0 radical (unpaired) electrons. The number of nitrogens with one attached hydrogen (secondary N) is 1. The first-order valence-corrected chi connectivity index (χ1v) is 6.70. The molecular weight excluding hydrogens is 252 g/mol. The molecule has 3 rings (SSSR count). The van der Waals surface area contributed by atoms with Crippen molar-refractivity contribution in [3.05, 3.63) is 53.7 Å². The van der Waals surface area contributed by atoms with E-state index in [-0.39, 0.29) is 5.78 Å². The number of furan rings is 1. The molecule has 4 nitrogen and oxygen atoms in total. The van der Waals surface area contributed by atoms with Crippen LogP contribution in [0.1, 0.15) is 24.1 Å². The number of Topliss-reactive ketones (excluding diaryl/α,β-unsaturated/α-hetero) is 1. The highest BCUT2D eigenvalue weighted by Crippen LogP contribution is 2.15. The van der Waals surface area contributed by atoms with Crippen molar-refractivity contribution in [2.24, 2.45) is 0 Å². The molecule has 0 atom stereocenters. The molecule has 1 aromatic carbocycles. The van der Waals surface area contributed by atoms with Crippen LogP contribution in [-0.4, -0.2) is 15.8 Å². The summed E-state index contributed by atoms with van der Waals surface area (Å²) >= 11 is 0. The Morgan fingerprint density at radius 3 is 2.95 bits per heavy atom. The van der Waals surface area contributed by atoms with Gasteiger partial charge in [0.1, 0.15) is 17.4 Å². The van der Waals surface area contributed by atoms with Crippen molar-refractivity contribution in [1.29, 1.82) is 0 Å². The Morgan fingerprint density at radius 2 is 2.20 bits per heavy atom. The molecular formula is C16H16N2O2. The number of aryl methyl sites for hydroxylation is 2. The van der Waals surface area contributed by atoms with Crippen molar-refractivity contribution in [2.45, 2.75) is 26.2 Å². The molecule has 0 spiro atoms. The van der Waals surface area contributed by atoms with Crippen LogP contribution < -0.4 is 0 Å². The Hall–Kier alpha value is -2.36. The van der Waals surface area contributed by atoms with Gasteiger partial charge in [0.25, 0.3) is 0 Å². The van der Waals surface area contributed by atoms with Crippen LogP contribution in [0.2, 0.25) is 0 Å². The maximum Gasteiger partial charge on any atom is 0.134 e. The first-order chi connectivity index (χ1) is 9.70. The quantitative estimate of drug-likeness (QED) is 0.773. The lowest BCUT2D eigenvalue weighted by Crippen LogP contribution is -1.95. The maximum absolute atomic E-state index is 11.2. The van der Waals surface area contributed by atoms with Gasteiger partial charge in [0, 0.05) is 19.3 Å². The fourth-order valence-corrected chi connectivity index (χ4v) is 2.32. The second-order valence-electron chi connectivity index (χ2n) is 4.99. The number of fused-ring (bicyclic) bond motifs is 1. The van der Waals surface area contributed by atoms with Gasteiger partial charge in [-0.1, -0.05) is 6.07 Å². The van der Waals surface area contributed by atoms with Gasteiger partial charge in [0.05, 0.1) is 17.3 Å². The van der Waals surface area contributed by atoms with Gasteiger partial charge in [-0.05, 0) is 36.8 Å². The Morgan fingerprint density at radius 1 is 1.30 bits per heavy atom. The molecule has 20 heavy (non-hydrogen) atoms. The van der Waals surface area contributed by atoms with Crippen LogP contribution >= 0.6 is 0 Å². The summed E-state index contributed by atoms with van der Waals surface area (Å²) in [5.74, 6) is 2.07. The van der Waals surface area contributed by atoms with Crippen LogP contribution in [0.5, 0.6) is 0 Å². The molecule has 3 aromatic rings. The lowest BCUT2D eigenvalue weighted by Gasteiger charge is -1.96. The van der Waals surface area contributed by atoms with E-state index < -0.39 is 0 Å². The van der Waals surface area contributed by atoms with Crippen molar-refractivity contribution in [2.75, 3.05) is 0 Å². The van der Waals surface area contributed by atoms with Crippen molar-refractivity contribution in [3.63, 3.8) is 0 Å². The van der Waals surface area contributed by atoms with Crippen molar-refractivity contribution < 1.29 is 9.21 Å². The lowest BCUT2D eigenvalue weighted by atomic mass is 10.1. The summed E-state index contributed by atoms with van der Waals surface area (Å²) in [6.45, 7) is 1.60. The zero-order valence-electron chi connectivity index (χ0n) is 11.3. The first kappa shape index (κ1) is 12.7. The van der Waals surface area contributed by atoms with Gasteiger partial charge < -0.3 is 9.40 Å². The summed E-state index contributed by atoms with van der Waals surface area (Å²) in [7, 11) is 0. The van der Waals surface area contributed by atoms with E-state index in [1.807, 2.05) is 30.3 Å². The Bertz CT molecular complexity index is 726. The predicted molar refractivity (Wildman–Crippen MR) is 76.6 cm³/mol. The molecule has 0 aliphatic rings. The van der Waals surface area contributed by atoms with Crippen molar-refractivity contribution in [1.82, 2.24) is 9.97 Å². The van der Waals surface area contributed by atoms with Crippen LogP contribution in [0, 0.1) is 0 Å². The molecule has 2 heterocycles. The SMILES string of the molecule is CC(=O)Cc1ccc2nc(CCc3ccco3)[nH]c2c1. The van der Waals surface area contributed by atoms with E-state index in [2.05, 4.69) is 9.97 Å². The summed E-state index contributed by atoms with van der Waals surface area (Å²) in [5, 5.41) is 0. The topological polar surface area (TPSA) is 58.9 Å². The number of hydrogen-bond acceptors (Lipinski definition) is 3. The molecule has 2 aromatic heterocycles. The van der Waals surface area contributed by atoms with Gasteiger partial charge in [-0.15, -0.1) is 0 Å². The Balaban J connectivity index is 1.77. The molecule has 102 valence electrons. The van der Waals surface area contributed by atoms with Gasteiger partial charge in [0.2, 0.25) is 0 Å². The van der Waals surface area contributed by atoms with E-state index in [4.69, 9.17) is 4.42 Å². The molecule has 0 unspecified atom stereocenters. The van der Waals surface area contributed by atoms with Gasteiger partial charge in [-0.2, -0.15) is 0 Å². The smallest absolute Gasteiger partial charge is 0.134 e. The van der Waals surface area contributed by atoms with Crippen LogP contribution in [0.15, 0.2) is 41.0 Å². The van der Waals surface area contributed by atoms with Gasteiger partial charge >= 0.3 is 0 Å². The number of H-pyrrole nitrogens is 1. The average Bonchev–Trinajstić information content (AvgIpc) is 3.04. The number of benzene rings is 1. The van der Waals surface area contributed by atoms with Gasteiger partial charge in [-0.3, -0.25) is 4.79 Å². The predicted octanol–water partition coefficient (Wildman–Crippen LogP) is 3.07. The zero-order chi connectivity index (χ0) is 13.9. The standard InChI is InChI=1S/C16H16N2O2/c1-11(19)9-12-4-6-14-15(10-12)18-16(17-14)7-5-13-3-2-8-20-13/h2-4,6,8,10H,5,7,9H2,1H3,(H,17,18). The summed E-state index contributed by atoms with van der Waals surface area (Å²) in [6, 6.07) is 9.77. The molecule has 0 bridgehead atoms. The minimum atomic E-state index is 0.168. The van der Waals surface area contributed by atoms with Gasteiger partial charge in [0.15, 0.2) is 0 Å². The van der Waals surface area contributed by atoms with E-state index >= 15 is 0 Å². The molecule has 0 aliphatic carbocycles. The molecule has 0 fully saturated rings. The fraction of sp³-hybridized carbons (Fsp3) is 0.250. The number of imidazole rings is 1. The maximum atomic E-state index is 11.2. The number of carbonyl (C=O) groups excluding carboxylic acids is 1. The number of rotatable bonds is 5. The van der Waals surface area contributed by atoms with Gasteiger partial charge in [-0.25, -0.2) is 4.98 Å². The molecule has 1 N–H and O–H groups in total. The minimum absolute atomic E-state index is 0.168. The third-order valence-corrected chi connectivity index (χ3v) is 3.24. The van der Waals surface area contributed by atoms with E-state index in [1.54, 1.807) is 13.2 Å². The van der Waals surface area contributed by atoms with E-state index in [0.29, 0.717) is 6.42 Å². The summed E-state index contributed by atoms with van der Waals surface area (Å²) in [6.07, 6.45) is 3.79. The van der Waals surface area contributed by atoms with E-state index in [9.17, 15) is 4.79 Å². The molecule has 0 aliphatic heterocycles. The number of aromatic amines is 1. The largest absolute Gasteiger partial charge is 0.469 e. The number of carbonyl (C=O) groups is 1. The monoisotopic (exact) mass is 268 g/mol. The van der Waals surface area contributed by atoms with Crippen LogP contribution in [-0.2, 0) is 24.1 Å². The zero-order valence-corrected chi connectivity index (χ0v) is 11.3. The van der Waals surface area contributed by atoms with E-state index in [1.165, 1.54) is 0 Å². The average molecular weight is 268 g/mol. The van der Waals surface area contributed by atoms with Crippen molar-refractivity contribution in [3.8, 4) is 0 Å². The normalized spacial score (nSPS) is 11.1. The van der Waals surface area contributed by atoms with Crippen LogP contribution in [0.3, 0.4) is 0 Å². The number of nitrogens with zero attached hydrogens (tertiary/aromatic N) is 1. The minimum Gasteiger partial charge on any atom is -0.469 e. The molecule has 0 saturated carbocycles. The Kier molecular flexibility index (Phi) is 3.37. The second kappa shape index (κ2) is 5.33. The number of ketones is 1. The second-order valence-corrected chi connectivity index (χ2v) is 4.99. The number of aromatic nitrogens is 2. The molecule has 0 amide bonds. The lowest BCUT2D eigenvalue weighted by molar-refractivity contribution is -0.116. The van der Waals surface area contributed by atoms with Crippen LogP contribution in [0.4, 0.5) is 0 Å². The highest BCUT2D eigenvalue weighted by atomic mass is 16.3. The molecule has 4 heteroatoms. The summed E-state index contributed by atoms with van der Waals surface area (Å²) in [4.78, 5) is 19.0. The van der Waals surface area contributed by atoms with E-state index in [0.717, 1.165) is 41.0 Å². The highest BCUT2D eigenvalue weighted by Gasteiger charge is 2.06. The number of hydrogen-bond donors (Lipinski definition) is 1. The third kappa shape index (κ3) is 2.79. The van der Waals surface area contributed by atoms with Crippen LogP contribution in [0.25, 0.3) is 11.0 Å². The van der Waals surface area contributed by atoms with Crippen molar-refractivity contribution >= 4 is 16.8 Å². The summed E-state index contributed by atoms with van der Waals surface area (Å²) < 4.78 is 5.31. The first-order valence-electron chi connectivity index (χ1n) is 6.70. The third-order valence-electron chi connectivity index (χ3n) is 3.24. The highest BCUT2D eigenvalue weighted by molar-refractivity contribution is 5.81. The fourth-order valence-electron chi connectivity index (χ4n) is 2.32. The molecule has 0 saturated heterocycles.